The van der Waals surface area contributed by atoms with E-state index in [0.29, 0.717) is 68.8 Å². The van der Waals surface area contributed by atoms with E-state index >= 15 is 0 Å². The third-order valence-corrected chi connectivity index (χ3v) is 10.6. The first-order chi connectivity index (χ1) is 24.2. The number of rotatable bonds is 11. The second kappa shape index (κ2) is 15.2. The average Bonchev–Trinajstić information content (AvgIpc) is 3.75. The summed E-state index contributed by atoms with van der Waals surface area (Å²) in [6, 6.07) is 5.85. The van der Waals surface area contributed by atoms with Crippen molar-refractivity contribution in [2.24, 2.45) is 0 Å². The number of esters is 1. The fraction of sp³-hybridized carbons (Fsp3) is 0.487. The number of carbonyl (C=O) groups excluding carboxylic acids is 3. The number of aliphatic carboxylic acids is 1. The number of aromatic nitrogens is 4. The number of ketones is 1. The van der Waals surface area contributed by atoms with Crippen molar-refractivity contribution in [1.29, 1.82) is 0 Å². The lowest BCUT2D eigenvalue weighted by atomic mass is 9.85. The number of fused-ring (bicyclic) bond motifs is 8. The minimum absolute atomic E-state index is 0.0590. The summed E-state index contributed by atoms with van der Waals surface area (Å²) in [4.78, 5) is 71.4. The summed E-state index contributed by atoms with van der Waals surface area (Å²) in [6.07, 6.45) is 0.766. The highest BCUT2D eigenvalue weighted by atomic mass is 16.5. The van der Waals surface area contributed by atoms with Gasteiger partial charge in [0.05, 0.1) is 35.8 Å². The fourth-order valence-electron chi connectivity index (χ4n) is 7.61. The van der Waals surface area contributed by atoms with E-state index in [0.717, 1.165) is 23.4 Å². The predicted molar refractivity (Wildman–Crippen MR) is 197 cm³/mol. The summed E-state index contributed by atoms with van der Waals surface area (Å²) in [6.45, 7) is 12.6. The van der Waals surface area contributed by atoms with Crippen LogP contribution < -0.4 is 5.32 Å². The standard InChI is InChI=1S/C39H50N6O6/c1-10-24-19(2)27-18-32-35(23(6)46)21(4)29(42-32)16-28-20(3)25(11-12-33(47)48)37(43-28)26(15-34(49)51-9)38-36(39(50)40-13-14-45(7)8)22(5)30(44-38)17-31(24)41-27/h16-20,24-25,42,44H,10-15H2,1-9H3,(H,40,50)(H,47,48)/t19-,20+,24-,25+/m1/s1. The zero-order chi connectivity index (χ0) is 37.3. The second-order valence-electron chi connectivity index (χ2n) is 14.2. The number of hydrogen-bond acceptors (Lipinski definition) is 8. The molecule has 3 aromatic rings. The smallest absolute Gasteiger partial charge is 0.310 e. The first-order valence-corrected chi connectivity index (χ1v) is 17.7. The molecule has 51 heavy (non-hydrogen) atoms. The fourth-order valence-corrected chi connectivity index (χ4v) is 7.61. The van der Waals surface area contributed by atoms with Crippen molar-refractivity contribution < 1.29 is 29.0 Å². The number of carboxylic acids is 1. The van der Waals surface area contributed by atoms with Crippen molar-refractivity contribution in [2.45, 2.75) is 90.9 Å². The molecule has 0 unspecified atom stereocenters. The highest BCUT2D eigenvalue weighted by Crippen LogP contribution is 2.43. The van der Waals surface area contributed by atoms with Crippen molar-refractivity contribution in [2.75, 3.05) is 34.3 Å². The summed E-state index contributed by atoms with van der Waals surface area (Å²) in [5, 5.41) is 12.8. The molecule has 1 amide bonds. The van der Waals surface area contributed by atoms with Gasteiger partial charge in [0, 0.05) is 82.4 Å². The summed E-state index contributed by atoms with van der Waals surface area (Å²) in [5.41, 5.74) is 8.29. The minimum atomic E-state index is -0.944. The Morgan fingerprint density at radius 3 is 2.14 bits per heavy atom. The van der Waals surface area contributed by atoms with Crippen molar-refractivity contribution >= 4 is 45.7 Å². The van der Waals surface area contributed by atoms with Gasteiger partial charge in [-0.25, -0.2) is 0 Å². The van der Waals surface area contributed by atoms with Gasteiger partial charge in [-0.3, -0.25) is 29.1 Å². The Kier molecular flexibility index (Phi) is 11.1. The van der Waals surface area contributed by atoms with Gasteiger partial charge in [-0.1, -0.05) is 20.8 Å². The highest BCUT2D eigenvalue weighted by molar-refractivity contribution is 6.06. The van der Waals surface area contributed by atoms with E-state index in [1.165, 1.54) is 7.11 Å². The second-order valence-corrected chi connectivity index (χ2v) is 14.2. The summed E-state index contributed by atoms with van der Waals surface area (Å²) in [5.74, 6) is -2.35. The Bertz CT molecular complexity index is 2040. The molecule has 12 nitrogen and oxygen atoms in total. The molecule has 0 spiro atoms. The molecule has 5 rings (SSSR count). The zero-order valence-electron chi connectivity index (χ0n) is 31.1. The topological polar surface area (TPSA) is 170 Å². The van der Waals surface area contributed by atoms with Crippen LogP contribution in [0.5, 0.6) is 0 Å². The third-order valence-electron chi connectivity index (χ3n) is 10.6. The number of carbonyl (C=O) groups is 4. The lowest BCUT2D eigenvalue weighted by Gasteiger charge is -2.17. The molecular weight excluding hydrogens is 648 g/mol. The Morgan fingerprint density at radius 2 is 1.51 bits per heavy atom. The number of aromatic amines is 2. The quantitative estimate of drug-likeness (QED) is 0.135. The maximum Gasteiger partial charge on any atom is 0.310 e. The molecule has 0 saturated carbocycles. The summed E-state index contributed by atoms with van der Waals surface area (Å²) < 4.78 is 5.17. The van der Waals surface area contributed by atoms with Crippen molar-refractivity contribution in [3.63, 3.8) is 0 Å². The van der Waals surface area contributed by atoms with Gasteiger partial charge in [0.15, 0.2) is 5.78 Å². The van der Waals surface area contributed by atoms with Gasteiger partial charge in [-0.2, -0.15) is 0 Å². The monoisotopic (exact) mass is 698 g/mol. The molecule has 8 bridgehead atoms. The van der Waals surface area contributed by atoms with Gasteiger partial charge < -0.3 is 30.0 Å². The van der Waals surface area contributed by atoms with Crippen LogP contribution in [0.2, 0.25) is 0 Å². The van der Waals surface area contributed by atoms with E-state index in [2.05, 4.69) is 29.1 Å². The Morgan fingerprint density at radius 1 is 0.902 bits per heavy atom. The maximum atomic E-state index is 14.1. The molecule has 4 atom stereocenters. The summed E-state index contributed by atoms with van der Waals surface area (Å²) >= 11 is 0. The Labute approximate surface area is 298 Å². The molecule has 272 valence electrons. The van der Waals surface area contributed by atoms with E-state index in [9.17, 15) is 24.3 Å². The molecule has 0 saturated heterocycles. The molecule has 0 aliphatic carbocycles. The number of likely N-dealkylation sites (N-methyl/N-ethyl adjacent to an activating group) is 1. The number of H-pyrrole nitrogens is 2. The van der Waals surface area contributed by atoms with Crippen LogP contribution in [0.3, 0.4) is 0 Å². The largest absolute Gasteiger partial charge is 0.481 e. The van der Waals surface area contributed by atoms with Crippen molar-refractivity contribution in [3.8, 4) is 0 Å². The van der Waals surface area contributed by atoms with Gasteiger partial charge in [0.1, 0.15) is 0 Å². The van der Waals surface area contributed by atoms with E-state index in [1.54, 1.807) is 6.92 Å². The molecule has 0 radical (unpaired) electrons. The number of nitrogens with zero attached hydrogens (tertiary/aromatic N) is 3. The first kappa shape index (κ1) is 37.4. The van der Waals surface area contributed by atoms with E-state index < -0.39 is 17.9 Å². The van der Waals surface area contributed by atoms with Crippen LogP contribution in [0.1, 0.15) is 131 Å². The number of aryl methyl sites for hydroxylation is 2. The third kappa shape index (κ3) is 7.46. The number of methoxy groups -OCH3 is 1. The summed E-state index contributed by atoms with van der Waals surface area (Å²) in [7, 11) is 5.17. The van der Waals surface area contributed by atoms with Gasteiger partial charge in [0.25, 0.3) is 5.91 Å². The van der Waals surface area contributed by atoms with Crippen LogP contribution in [-0.4, -0.2) is 87.9 Å². The number of hydrogen-bond donors (Lipinski definition) is 4. The molecule has 2 aliphatic rings. The Hall–Kier alpha value is -4.84. The lowest BCUT2D eigenvalue weighted by Crippen LogP contribution is -2.31. The molecule has 0 fully saturated rings. The average molecular weight is 699 g/mol. The van der Waals surface area contributed by atoms with Crippen LogP contribution in [0, 0.1) is 13.8 Å². The SMILES string of the molecule is CC[C@H]1c2cc3[nH]c(c(CC(=O)OC)c4nc(cc5[nH]c(cc(n2)[C@@H]1C)c(C(C)=O)c5C)[C@@H](C)[C@@H]4CCC(=O)O)c(C(=O)NCCN(C)C)c3C. The number of ether oxygens (including phenoxy) is 1. The van der Waals surface area contributed by atoms with Gasteiger partial charge in [-0.15, -0.1) is 0 Å². The van der Waals surface area contributed by atoms with Crippen LogP contribution in [-0.2, 0) is 20.7 Å². The molecule has 4 N–H and O–H groups in total. The van der Waals surface area contributed by atoms with Crippen molar-refractivity contribution in [1.82, 2.24) is 30.2 Å². The van der Waals surface area contributed by atoms with Crippen LogP contribution in [0.15, 0.2) is 18.2 Å². The van der Waals surface area contributed by atoms with Crippen molar-refractivity contribution in [3.05, 3.63) is 68.8 Å². The zero-order valence-corrected chi connectivity index (χ0v) is 31.1. The maximum absolute atomic E-state index is 14.1. The number of amides is 1. The van der Waals surface area contributed by atoms with Crippen LogP contribution in [0.4, 0.5) is 0 Å². The van der Waals surface area contributed by atoms with Gasteiger partial charge in [0.2, 0.25) is 0 Å². The van der Waals surface area contributed by atoms with Crippen LogP contribution >= 0.6 is 0 Å². The minimum Gasteiger partial charge on any atom is -0.481 e. The number of carboxylic acid groups (broad SMARTS) is 1. The first-order valence-electron chi connectivity index (χ1n) is 17.7. The molecular formula is C39H50N6O6. The van der Waals surface area contributed by atoms with Gasteiger partial charge in [-0.05, 0) is 77.0 Å². The highest BCUT2D eigenvalue weighted by Gasteiger charge is 2.34. The predicted octanol–water partition coefficient (Wildman–Crippen LogP) is 6.19. The van der Waals surface area contributed by atoms with E-state index in [4.69, 9.17) is 14.7 Å². The van der Waals surface area contributed by atoms with Crippen LogP contribution in [0.25, 0.3) is 22.1 Å². The van der Waals surface area contributed by atoms with E-state index in [-0.39, 0.29) is 48.7 Å². The van der Waals surface area contributed by atoms with E-state index in [1.807, 2.05) is 58.0 Å². The molecule has 2 aliphatic heterocycles. The molecule has 5 heterocycles. The van der Waals surface area contributed by atoms with Gasteiger partial charge >= 0.3 is 11.9 Å². The number of Topliss-reactive ketones (excluding diaryl/α,β-unsaturated/α-hetero) is 1. The Balaban J connectivity index is 1.99. The lowest BCUT2D eigenvalue weighted by molar-refractivity contribution is -0.140. The normalized spacial score (nSPS) is 18.5. The number of nitrogens with one attached hydrogen (secondary N) is 3. The molecule has 3 aromatic heterocycles. The molecule has 12 heteroatoms. The molecule has 0 aromatic carbocycles.